The summed E-state index contributed by atoms with van der Waals surface area (Å²) in [5, 5.41) is 12.4. The number of unbranched alkanes of at least 4 members (excludes halogenated alkanes) is 3. The van der Waals surface area contributed by atoms with Gasteiger partial charge >= 0.3 is 6.18 Å². The van der Waals surface area contributed by atoms with E-state index in [4.69, 9.17) is 9.47 Å². The maximum absolute atomic E-state index is 13.0. The Morgan fingerprint density at radius 3 is 2.68 bits per heavy atom. The number of alkyl halides is 3. The SMILES string of the molecule is CCCCCCOc1ccc(C=C(C#N)C(=O)Nc2ncc(Cc3cccc(C(F)(F)F)c3)s2)cc1OC. The first-order chi connectivity index (χ1) is 18.2. The molecule has 0 saturated heterocycles. The van der Waals surface area contributed by atoms with Crippen molar-refractivity contribution >= 4 is 28.5 Å². The number of carbonyl (C=O) groups is 1. The Morgan fingerprint density at radius 1 is 1.16 bits per heavy atom. The van der Waals surface area contributed by atoms with Crippen molar-refractivity contribution in [1.29, 1.82) is 5.26 Å². The number of carbonyl (C=O) groups excluding carboxylic acids is 1. The van der Waals surface area contributed by atoms with Crippen LogP contribution in [0.1, 0.15) is 54.2 Å². The van der Waals surface area contributed by atoms with E-state index in [0.717, 1.165) is 49.2 Å². The van der Waals surface area contributed by atoms with Crippen LogP contribution in [0.15, 0.2) is 54.2 Å². The molecule has 1 aromatic heterocycles. The Balaban J connectivity index is 1.65. The van der Waals surface area contributed by atoms with Gasteiger partial charge in [-0.2, -0.15) is 18.4 Å². The lowest BCUT2D eigenvalue weighted by molar-refractivity contribution is -0.137. The Kier molecular flexibility index (Phi) is 10.3. The molecule has 1 heterocycles. The predicted octanol–water partition coefficient (Wildman–Crippen LogP) is 7.27. The van der Waals surface area contributed by atoms with Crippen LogP contribution in [0.4, 0.5) is 18.3 Å². The summed E-state index contributed by atoms with van der Waals surface area (Å²) in [5.74, 6) is 0.425. The lowest BCUT2D eigenvalue weighted by Crippen LogP contribution is -2.13. The highest BCUT2D eigenvalue weighted by Gasteiger charge is 2.30. The molecule has 0 spiro atoms. The quantitative estimate of drug-likeness (QED) is 0.148. The van der Waals surface area contributed by atoms with Gasteiger partial charge in [0.25, 0.3) is 5.91 Å². The number of nitriles is 1. The van der Waals surface area contributed by atoms with Crippen molar-refractivity contribution in [3.05, 3.63) is 75.8 Å². The molecule has 0 radical (unpaired) electrons. The normalized spacial score (nSPS) is 11.6. The number of ether oxygens (including phenoxy) is 2. The minimum absolute atomic E-state index is 0.144. The third kappa shape index (κ3) is 8.35. The Labute approximate surface area is 223 Å². The van der Waals surface area contributed by atoms with E-state index < -0.39 is 17.6 Å². The molecule has 1 amide bonds. The van der Waals surface area contributed by atoms with E-state index in [-0.39, 0.29) is 17.1 Å². The molecule has 6 nitrogen and oxygen atoms in total. The molecule has 0 aliphatic heterocycles. The van der Waals surface area contributed by atoms with Crippen molar-refractivity contribution in [3.8, 4) is 17.6 Å². The van der Waals surface area contributed by atoms with E-state index in [1.165, 1.54) is 25.4 Å². The molecule has 1 N–H and O–H groups in total. The van der Waals surface area contributed by atoms with Crippen molar-refractivity contribution in [2.45, 2.75) is 45.2 Å². The van der Waals surface area contributed by atoms with Gasteiger partial charge in [0.2, 0.25) is 0 Å². The summed E-state index contributed by atoms with van der Waals surface area (Å²) in [6.07, 6.45) is 3.05. The third-order valence-corrected chi connectivity index (χ3v) is 6.44. The number of hydrogen-bond donors (Lipinski definition) is 1. The summed E-state index contributed by atoms with van der Waals surface area (Å²) in [4.78, 5) is 17.5. The second kappa shape index (κ2) is 13.6. The molecule has 0 aliphatic rings. The van der Waals surface area contributed by atoms with Crippen LogP contribution < -0.4 is 14.8 Å². The average molecular weight is 544 g/mol. The van der Waals surface area contributed by atoms with Crippen molar-refractivity contribution in [2.75, 3.05) is 19.0 Å². The number of thiazole rings is 1. The van der Waals surface area contributed by atoms with E-state index in [2.05, 4.69) is 17.2 Å². The molecule has 0 bridgehead atoms. The number of amides is 1. The second-order valence-corrected chi connectivity index (χ2v) is 9.57. The van der Waals surface area contributed by atoms with Crippen molar-refractivity contribution in [1.82, 2.24) is 4.98 Å². The van der Waals surface area contributed by atoms with Gasteiger partial charge in [-0.1, -0.05) is 50.5 Å². The Hall–Kier alpha value is -3.84. The summed E-state index contributed by atoms with van der Waals surface area (Å²) in [6.45, 7) is 2.71. The van der Waals surface area contributed by atoms with Crippen LogP contribution >= 0.6 is 11.3 Å². The van der Waals surface area contributed by atoms with E-state index in [1.807, 2.05) is 6.07 Å². The van der Waals surface area contributed by atoms with E-state index in [0.29, 0.717) is 34.1 Å². The summed E-state index contributed by atoms with van der Waals surface area (Å²) in [7, 11) is 1.52. The molecule has 0 fully saturated rings. The highest BCUT2D eigenvalue weighted by atomic mass is 32.1. The highest BCUT2D eigenvalue weighted by molar-refractivity contribution is 7.15. The van der Waals surface area contributed by atoms with Crippen LogP contribution in [0.5, 0.6) is 11.5 Å². The molecule has 3 rings (SSSR count). The molecular formula is C28H28F3N3O3S. The topological polar surface area (TPSA) is 84.2 Å². The first-order valence-corrected chi connectivity index (χ1v) is 12.9. The number of nitrogens with zero attached hydrogens (tertiary/aromatic N) is 2. The molecule has 0 atom stereocenters. The maximum Gasteiger partial charge on any atom is 0.416 e. The molecular weight excluding hydrogens is 515 g/mol. The Bertz CT molecular complexity index is 1310. The fourth-order valence-corrected chi connectivity index (χ4v) is 4.43. The highest BCUT2D eigenvalue weighted by Crippen LogP contribution is 2.31. The van der Waals surface area contributed by atoms with Gasteiger partial charge in [0.05, 0.1) is 19.3 Å². The van der Waals surface area contributed by atoms with Gasteiger partial charge in [0.1, 0.15) is 11.6 Å². The number of methoxy groups -OCH3 is 1. The lowest BCUT2D eigenvalue weighted by atomic mass is 10.1. The first-order valence-electron chi connectivity index (χ1n) is 12.1. The molecule has 38 heavy (non-hydrogen) atoms. The second-order valence-electron chi connectivity index (χ2n) is 8.45. The number of aromatic nitrogens is 1. The number of anilines is 1. The number of rotatable bonds is 12. The van der Waals surface area contributed by atoms with Crippen molar-refractivity contribution in [3.63, 3.8) is 0 Å². The molecule has 2 aromatic carbocycles. The van der Waals surface area contributed by atoms with E-state index in [1.54, 1.807) is 24.3 Å². The molecule has 10 heteroatoms. The molecule has 3 aromatic rings. The number of halogens is 3. The van der Waals surface area contributed by atoms with E-state index >= 15 is 0 Å². The molecule has 0 unspecified atom stereocenters. The number of benzene rings is 2. The van der Waals surface area contributed by atoms with Crippen LogP contribution in [0.2, 0.25) is 0 Å². The van der Waals surface area contributed by atoms with E-state index in [9.17, 15) is 23.2 Å². The number of nitrogens with one attached hydrogen (secondary N) is 1. The van der Waals surface area contributed by atoms with Crippen LogP contribution in [0.25, 0.3) is 6.08 Å². The smallest absolute Gasteiger partial charge is 0.416 e. The zero-order valence-electron chi connectivity index (χ0n) is 21.1. The number of hydrogen-bond acceptors (Lipinski definition) is 6. The van der Waals surface area contributed by atoms with Gasteiger partial charge in [-0.25, -0.2) is 4.98 Å². The minimum Gasteiger partial charge on any atom is -0.493 e. The molecule has 200 valence electrons. The fraction of sp³-hybridized carbons (Fsp3) is 0.321. The minimum atomic E-state index is -4.42. The van der Waals surface area contributed by atoms with Gasteiger partial charge in [-0.3, -0.25) is 10.1 Å². The summed E-state index contributed by atoms with van der Waals surface area (Å²) < 4.78 is 50.1. The van der Waals surface area contributed by atoms with Gasteiger partial charge in [-0.15, -0.1) is 11.3 Å². The van der Waals surface area contributed by atoms with Crippen LogP contribution in [-0.4, -0.2) is 24.6 Å². The zero-order valence-corrected chi connectivity index (χ0v) is 21.9. The van der Waals surface area contributed by atoms with Crippen LogP contribution in [0, 0.1) is 11.3 Å². The first kappa shape index (κ1) is 28.7. The monoisotopic (exact) mass is 543 g/mol. The van der Waals surface area contributed by atoms with Crippen LogP contribution in [-0.2, 0) is 17.4 Å². The maximum atomic E-state index is 13.0. The summed E-state index contributed by atoms with van der Waals surface area (Å²) in [6, 6.07) is 12.1. The summed E-state index contributed by atoms with van der Waals surface area (Å²) >= 11 is 1.13. The van der Waals surface area contributed by atoms with Gasteiger partial charge in [-0.05, 0) is 41.8 Å². The zero-order chi connectivity index (χ0) is 27.5. The third-order valence-electron chi connectivity index (χ3n) is 5.53. The van der Waals surface area contributed by atoms with Crippen molar-refractivity contribution < 1.29 is 27.4 Å². The lowest BCUT2D eigenvalue weighted by Gasteiger charge is -2.11. The van der Waals surface area contributed by atoms with Gasteiger partial charge in [0.15, 0.2) is 16.6 Å². The Morgan fingerprint density at radius 2 is 1.97 bits per heavy atom. The predicted molar refractivity (Wildman–Crippen MR) is 141 cm³/mol. The van der Waals surface area contributed by atoms with Crippen molar-refractivity contribution in [2.24, 2.45) is 0 Å². The van der Waals surface area contributed by atoms with Crippen LogP contribution in [0.3, 0.4) is 0 Å². The van der Waals surface area contributed by atoms with Gasteiger partial charge < -0.3 is 9.47 Å². The standard InChI is InChI=1S/C28H28F3N3O3S/c1-3-4-5-6-12-37-24-11-10-20(16-25(24)36-2)13-21(17-32)26(35)34-27-33-18-23(38-27)15-19-8-7-9-22(14-19)28(29,30)31/h7-11,13-14,16,18H,3-6,12,15H2,1-2H3,(H,33,34,35). The molecule has 0 saturated carbocycles. The summed E-state index contributed by atoms with van der Waals surface area (Å²) in [5.41, 5.74) is 0.188. The van der Waals surface area contributed by atoms with Gasteiger partial charge in [0, 0.05) is 17.5 Å². The largest absolute Gasteiger partial charge is 0.493 e. The average Bonchev–Trinajstić information content (AvgIpc) is 3.33. The molecule has 0 aliphatic carbocycles. The fourth-order valence-electron chi connectivity index (χ4n) is 3.59.